The zero-order valence-corrected chi connectivity index (χ0v) is 11.4. The van der Waals surface area contributed by atoms with Crippen LogP contribution in [0.1, 0.15) is 40.5 Å². The number of amides is 1. The van der Waals surface area contributed by atoms with Crippen LogP contribution in [-0.4, -0.2) is 32.7 Å². The molecule has 2 aromatic rings. The van der Waals surface area contributed by atoms with E-state index >= 15 is 0 Å². The van der Waals surface area contributed by atoms with Gasteiger partial charge < -0.3 is 11.1 Å². The predicted octanol–water partition coefficient (Wildman–Crippen LogP) is 0.989. The Labute approximate surface area is 116 Å². The summed E-state index contributed by atoms with van der Waals surface area (Å²) in [5.74, 6) is 2.23. The molecule has 0 aliphatic heterocycles. The second-order valence-corrected chi connectivity index (χ2v) is 4.94. The molecule has 0 spiro atoms. The summed E-state index contributed by atoms with van der Waals surface area (Å²) in [6, 6.07) is 0. The van der Waals surface area contributed by atoms with Crippen LogP contribution in [0, 0.1) is 6.92 Å². The maximum absolute atomic E-state index is 11.2. The van der Waals surface area contributed by atoms with E-state index < -0.39 is 5.91 Å². The molecule has 1 aliphatic rings. The van der Waals surface area contributed by atoms with Crippen LogP contribution >= 0.6 is 0 Å². The molecule has 2 aromatic heterocycles. The van der Waals surface area contributed by atoms with Crippen molar-refractivity contribution in [3.05, 3.63) is 29.3 Å². The maximum Gasteiger partial charge on any atom is 0.251 e. The van der Waals surface area contributed by atoms with Gasteiger partial charge in [-0.15, -0.1) is 0 Å². The lowest BCUT2D eigenvalue weighted by Gasteiger charge is -2.11. The van der Waals surface area contributed by atoms with Gasteiger partial charge in [-0.05, 0) is 19.8 Å². The third kappa shape index (κ3) is 2.11. The van der Waals surface area contributed by atoms with E-state index in [4.69, 9.17) is 5.73 Å². The van der Waals surface area contributed by atoms with Gasteiger partial charge in [0.25, 0.3) is 5.91 Å². The summed E-state index contributed by atoms with van der Waals surface area (Å²) in [6.45, 7) is 1.92. The molecule has 20 heavy (non-hydrogen) atoms. The van der Waals surface area contributed by atoms with E-state index in [1.165, 1.54) is 6.20 Å². The van der Waals surface area contributed by atoms with E-state index in [0.717, 1.165) is 30.0 Å². The Kier molecular flexibility index (Phi) is 2.89. The van der Waals surface area contributed by atoms with Crippen molar-refractivity contribution in [3.8, 4) is 5.82 Å². The standard InChI is InChI=1S/C13H16N6O/c1-7-11(15-2)17-12(8-3-4-8)18-13(7)19-6-9(5-16-19)10(14)20/h5-6,8H,3-4H2,1-2H3,(H2,14,20)(H,15,17,18). The molecule has 1 saturated carbocycles. The summed E-state index contributed by atoms with van der Waals surface area (Å²) >= 11 is 0. The Balaban J connectivity index is 2.10. The van der Waals surface area contributed by atoms with Crippen LogP contribution in [0.2, 0.25) is 0 Å². The average molecular weight is 272 g/mol. The molecule has 2 heterocycles. The van der Waals surface area contributed by atoms with Crippen molar-refractivity contribution >= 4 is 11.7 Å². The molecule has 3 rings (SSSR count). The number of carbonyl (C=O) groups is 1. The van der Waals surface area contributed by atoms with Crippen LogP contribution in [-0.2, 0) is 0 Å². The van der Waals surface area contributed by atoms with Gasteiger partial charge in [0, 0.05) is 24.7 Å². The summed E-state index contributed by atoms with van der Waals surface area (Å²) in [5, 5.41) is 7.24. The van der Waals surface area contributed by atoms with Crippen LogP contribution < -0.4 is 11.1 Å². The molecule has 7 heteroatoms. The van der Waals surface area contributed by atoms with E-state index in [-0.39, 0.29) is 0 Å². The summed E-state index contributed by atoms with van der Waals surface area (Å²) in [5.41, 5.74) is 6.50. The molecule has 3 N–H and O–H groups in total. The molecule has 0 radical (unpaired) electrons. The van der Waals surface area contributed by atoms with Gasteiger partial charge in [-0.25, -0.2) is 14.6 Å². The van der Waals surface area contributed by atoms with E-state index in [2.05, 4.69) is 20.4 Å². The van der Waals surface area contributed by atoms with Crippen molar-refractivity contribution in [1.82, 2.24) is 19.7 Å². The molecule has 1 amide bonds. The van der Waals surface area contributed by atoms with Crippen molar-refractivity contribution in [2.24, 2.45) is 5.73 Å². The number of nitrogens with two attached hydrogens (primary N) is 1. The first-order chi connectivity index (χ1) is 9.60. The van der Waals surface area contributed by atoms with E-state index in [1.807, 2.05) is 14.0 Å². The SMILES string of the molecule is CNc1nc(C2CC2)nc(-n2cc(C(N)=O)cn2)c1C. The van der Waals surface area contributed by atoms with Gasteiger partial charge in [0.1, 0.15) is 11.6 Å². The molecule has 0 bridgehead atoms. The minimum absolute atomic E-state index is 0.363. The monoisotopic (exact) mass is 272 g/mol. The van der Waals surface area contributed by atoms with Crippen molar-refractivity contribution < 1.29 is 4.79 Å². The number of carbonyl (C=O) groups excluding carboxylic acids is 1. The highest BCUT2D eigenvalue weighted by molar-refractivity contribution is 5.92. The zero-order valence-electron chi connectivity index (χ0n) is 11.4. The maximum atomic E-state index is 11.2. The fraction of sp³-hybridized carbons (Fsp3) is 0.385. The van der Waals surface area contributed by atoms with Crippen LogP contribution in [0.15, 0.2) is 12.4 Å². The smallest absolute Gasteiger partial charge is 0.251 e. The molecule has 7 nitrogen and oxygen atoms in total. The lowest BCUT2D eigenvalue weighted by Crippen LogP contribution is -2.11. The van der Waals surface area contributed by atoms with Gasteiger partial charge in [-0.1, -0.05) is 0 Å². The fourth-order valence-corrected chi connectivity index (χ4v) is 2.08. The highest BCUT2D eigenvalue weighted by atomic mass is 16.1. The highest BCUT2D eigenvalue weighted by Crippen LogP contribution is 2.39. The first kappa shape index (κ1) is 12.6. The minimum Gasteiger partial charge on any atom is -0.373 e. The summed E-state index contributed by atoms with van der Waals surface area (Å²) in [6.07, 6.45) is 5.28. The number of aromatic nitrogens is 4. The number of primary amides is 1. The number of nitrogens with one attached hydrogen (secondary N) is 1. The van der Waals surface area contributed by atoms with E-state index in [1.54, 1.807) is 10.9 Å². The topological polar surface area (TPSA) is 98.7 Å². The Morgan fingerprint density at radius 2 is 2.20 bits per heavy atom. The summed E-state index contributed by atoms with van der Waals surface area (Å²) in [7, 11) is 1.83. The minimum atomic E-state index is -0.501. The van der Waals surface area contributed by atoms with Crippen molar-refractivity contribution in [1.29, 1.82) is 0 Å². The van der Waals surface area contributed by atoms with E-state index in [9.17, 15) is 4.79 Å². The molecular weight excluding hydrogens is 256 g/mol. The largest absolute Gasteiger partial charge is 0.373 e. The summed E-state index contributed by atoms with van der Waals surface area (Å²) < 4.78 is 1.57. The second-order valence-electron chi connectivity index (χ2n) is 4.94. The van der Waals surface area contributed by atoms with Gasteiger partial charge in [0.15, 0.2) is 5.82 Å². The van der Waals surface area contributed by atoms with Crippen LogP contribution in [0.5, 0.6) is 0 Å². The van der Waals surface area contributed by atoms with Gasteiger partial charge >= 0.3 is 0 Å². The third-order valence-corrected chi connectivity index (χ3v) is 3.40. The average Bonchev–Trinajstić information content (AvgIpc) is 3.16. The molecule has 0 aromatic carbocycles. The molecular formula is C13H16N6O. The first-order valence-electron chi connectivity index (χ1n) is 6.51. The van der Waals surface area contributed by atoms with Crippen molar-refractivity contribution in [2.45, 2.75) is 25.7 Å². The fourth-order valence-electron chi connectivity index (χ4n) is 2.08. The second kappa shape index (κ2) is 4.59. The molecule has 0 saturated heterocycles. The Morgan fingerprint density at radius 1 is 1.45 bits per heavy atom. The number of hydrogen-bond acceptors (Lipinski definition) is 5. The lowest BCUT2D eigenvalue weighted by molar-refractivity contribution is 0.100. The normalized spacial score (nSPS) is 14.3. The van der Waals surface area contributed by atoms with Gasteiger partial charge in [0.05, 0.1) is 11.8 Å². The lowest BCUT2D eigenvalue weighted by atomic mass is 10.2. The van der Waals surface area contributed by atoms with Crippen molar-refractivity contribution in [3.63, 3.8) is 0 Å². The van der Waals surface area contributed by atoms with Crippen molar-refractivity contribution in [2.75, 3.05) is 12.4 Å². The molecule has 1 aliphatic carbocycles. The van der Waals surface area contributed by atoms with E-state index in [0.29, 0.717) is 17.3 Å². The quantitative estimate of drug-likeness (QED) is 0.864. The molecule has 0 atom stereocenters. The van der Waals surface area contributed by atoms with Crippen LogP contribution in [0.3, 0.4) is 0 Å². The Hall–Kier alpha value is -2.44. The summed E-state index contributed by atoms with van der Waals surface area (Å²) in [4.78, 5) is 20.3. The van der Waals surface area contributed by atoms with Crippen LogP contribution in [0.4, 0.5) is 5.82 Å². The van der Waals surface area contributed by atoms with Gasteiger partial charge in [0.2, 0.25) is 0 Å². The first-order valence-corrected chi connectivity index (χ1v) is 6.51. The number of rotatable bonds is 4. The third-order valence-electron chi connectivity index (χ3n) is 3.40. The number of hydrogen-bond donors (Lipinski definition) is 2. The van der Waals surface area contributed by atoms with Gasteiger partial charge in [-0.2, -0.15) is 5.10 Å². The number of nitrogens with zero attached hydrogens (tertiary/aromatic N) is 4. The molecule has 104 valence electrons. The molecule has 1 fully saturated rings. The highest BCUT2D eigenvalue weighted by Gasteiger charge is 2.28. The predicted molar refractivity (Wildman–Crippen MR) is 73.9 cm³/mol. The zero-order chi connectivity index (χ0) is 14.3. The number of anilines is 1. The van der Waals surface area contributed by atoms with Gasteiger partial charge in [-0.3, -0.25) is 4.79 Å². The Morgan fingerprint density at radius 3 is 2.75 bits per heavy atom. The molecule has 0 unspecified atom stereocenters. The Bertz CT molecular complexity index is 673. The van der Waals surface area contributed by atoms with Crippen LogP contribution in [0.25, 0.3) is 5.82 Å².